The third-order valence-electron chi connectivity index (χ3n) is 4.16. The van der Waals surface area contributed by atoms with E-state index in [0.717, 1.165) is 4.88 Å². The molecule has 0 spiro atoms. The molecule has 2 aromatic heterocycles. The van der Waals surface area contributed by atoms with E-state index in [0.29, 0.717) is 46.7 Å². The molecule has 0 fully saturated rings. The minimum atomic E-state index is -0.318. The third kappa shape index (κ3) is 4.93. The van der Waals surface area contributed by atoms with E-state index in [1.54, 1.807) is 24.0 Å². The summed E-state index contributed by atoms with van der Waals surface area (Å²) in [5.74, 6) is 0.357. The van der Waals surface area contributed by atoms with E-state index in [9.17, 15) is 9.18 Å². The van der Waals surface area contributed by atoms with Crippen LogP contribution in [0.2, 0.25) is 4.34 Å². The molecule has 0 atom stereocenters. The Morgan fingerprint density at radius 3 is 2.81 bits per heavy atom. The molecule has 2 heterocycles. The lowest BCUT2D eigenvalue weighted by Crippen LogP contribution is -2.30. The minimum absolute atomic E-state index is 0.00292. The summed E-state index contributed by atoms with van der Waals surface area (Å²) in [6, 6.07) is 8.53. The number of aryl methyl sites for hydroxylation is 2. The fraction of sp³-hybridized carbons (Fsp3) is 0.316. The fourth-order valence-corrected chi connectivity index (χ4v) is 3.68. The van der Waals surface area contributed by atoms with Gasteiger partial charge in [-0.2, -0.15) is 4.98 Å². The summed E-state index contributed by atoms with van der Waals surface area (Å²) in [5, 5.41) is 3.88. The van der Waals surface area contributed by atoms with Crippen LogP contribution in [0, 0.1) is 12.7 Å². The van der Waals surface area contributed by atoms with Crippen LogP contribution in [0.3, 0.4) is 0 Å². The molecule has 0 radical (unpaired) electrons. The summed E-state index contributed by atoms with van der Waals surface area (Å²) >= 11 is 7.41. The average Bonchev–Trinajstić information content (AvgIpc) is 3.29. The van der Waals surface area contributed by atoms with Gasteiger partial charge in [-0.15, -0.1) is 11.3 Å². The molecule has 142 valence electrons. The highest BCUT2D eigenvalue weighted by atomic mass is 35.5. The number of hydrogen-bond donors (Lipinski definition) is 0. The van der Waals surface area contributed by atoms with Gasteiger partial charge in [0.2, 0.25) is 17.6 Å². The van der Waals surface area contributed by atoms with Crippen molar-refractivity contribution in [3.05, 3.63) is 56.8 Å². The Kier molecular flexibility index (Phi) is 6.23. The van der Waals surface area contributed by atoms with Crippen LogP contribution in [-0.2, 0) is 17.8 Å². The van der Waals surface area contributed by atoms with Crippen molar-refractivity contribution in [1.29, 1.82) is 0 Å². The molecule has 1 amide bonds. The molecule has 1 aromatic carbocycles. The molecule has 0 aliphatic carbocycles. The molecule has 5 nitrogen and oxygen atoms in total. The summed E-state index contributed by atoms with van der Waals surface area (Å²) < 4.78 is 19.6. The van der Waals surface area contributed by atoms with Gasteiger partial charge in [0.15, 0.2) is 0 Å². The van der Waals surface area contributed by atoms with Crippen LogP contribution in [-0.4, -0.2) is 27.5 Å². The number of benzene rings is 1. The van der Waals surface area contributed by atoms with Gasteiger partial charge in [0.1, 0.15) is 5.82 Å². The number of thiophene rings is 1. The molecule has 3 rings (SSSR count). The molecular weight excluding hydrogens is 389 g/mol. The lowest BCUT2D eigenvalue weighted by Gasteiger charge is -2.19. The molecule has 0 aliphatic rings. The molecule has 0 N–H and O–H groups in total. The van der Waals surface area contributed by atoms with Crippen molar-refractivity contribution in [1.82, 2.24) is 15.0 Å². The molecule has 8 heteroatoms. The Hall–Kier alpha value is -2.25. The van der Waals surface area contributed by atoms with E-state index < -0.39 is 0 Å². The average molecular weight is 408 g/mol. The fourth-order valence-electron chi connectivity index (χ4n) is 2.58. The van der Waals surface area contributed by atoms with Crippen molar-refractivity contribution in [2.24, 2.45) is 0 Å². The van der Waals surface area contributed by atoms with Crippen molar-refractivity contribution < 1.29 is 13.7 Å². The van der Waals surface area contributed by atoms with Crippen molar-refractivity contribution >= 4 is 28.8 Å². The standard InChI is InChI=1S/C19H19ClFN3O2S/c1-3-24(11-14-6-7-16(20)27-14)18(25)9-8-17-22-19(23-26-17)13-5-4-12(2)15(21)10-13/h4-7,10H,3,8-9,11H2,1-2H3. The van der Waals surface area contributed by atoms with Gasteiger partial charge in [-0.3, -0.25) is 4.79 Å². The van der Waals surface area contributed by atoms with Crippen LogP contribution >= 0.6 is 22.9 Å². The summed E-state index contributed by atoms with van der Waals surface area (Å²) in [6.45, 7) is 4.76. The van der Waals surface area contributed by atoms with E-state index in [1.165, 1.54) is 17.4 Å². The van der Waals surface area contributed by atoms with Crippen LogP contribution in [0.25, 0.3) is 11.4 Å². The largest absolute Gasteiger partial charge is 0.339 e. The normalized spacial score (nSPS) is 11.0. The second-order valence-corrected chi connectivity index (χ2v) is 7.89. The molecule has 0 bridgehead atoms. The second-order valence-electron chi connectivity index (χ2n) is 6.09. The number of halogens is 2. The third-order valence-corrected chi connectivity index (χ3v) is 5.38. The first-order chi connectivity index (χ1) is 13.0. The Bertz CT molecular complexity index is 941. The SMILES string of the molecule is CCN(Cc1ccc(Cl)s1)C(=O)CCc1nc(-c2ccc(C)c(F)c2)no1. The molecular formula is C19H19ClFN3O2S. The van der Waals surface area contributed by atoms with Crippen LogP contribution in [0.1, 0.15) is 29.7 Å². The highest BCUT2D eigenvalue weighted by Crippen LogP contribution is 2.23. The van der Waals surface area contributed by atoms with Gasteiger partial charge >= 0.3 is 0 Å². The van der Waals surface area contributed by atoms with Gasteiger partial charge in [-0.25, -0.2) is 4.39 Å². The molecule has 0 aliphatic heterocycles. The van der Waals surface area contributed by atoms with Gasteiger partial charge in [-0.1, -0.05) is 28.9 Å². The predicted octanol–water partition coefficient (Wildman–Crippen LogP) is 4.88. The zero-order valence-corrected chi connectivity index (χ0v) is 16.6. The number of carbonyl (C=O) groups is 1. The van der Waals surface area contributed by atoms with E-state index in [1.807, 2.05) is 19.1 Å². The number of rotatable bonds is 7. The summed E-state index contributed by atoms with van der Waals surface area (Å²) in [6.07, 6.45) is 0.596. The van der Waals surface area contributed by atoms with Crippen LogP contribution in [0.5, 0.6) is 0 Å². The predicted molar refractivity (Wildman–Crippen MR) is 103 cm³/mol. The lowest BCUT2D eigenvalue weighted by atomic mass is 10.1. The number of aromatic nitrogens is 2. The monoisotopic (exact) mass is 407 g/mol. The van der Waals surface area contributed by atoms with Crippen molar-refractivity contribution in [3.63, 3.8) is 0 Å². The summed E-state index contributed by atoms with van der Waals surface area (Å²) in [7, 11) is 0. The first-order valence-corrected chi connectivity index (χ1v) is 9.76. The minimum Gasteiger partial charge on any atom is -0.339 e. The first-order valence-electron chi connectivity index (χ1n) is 8.57. The van der Waals surface area contributed by atoms with Gasteiger partial charge in [0.25, 0.3) is 0 Å². The Morgan fingerprint density at radius 2 is 2.15 bits per heavy atom. The maximum Gasteiger partial charge on any atom is 0.227 e. The first kappa shape index (κ1) is 19.5. The van der Waals surface area contributed by atoms with E-state index >= 15 is 0 Å². The lowest BCUT2D eigenvalue weighted by molar-refractivity contribution is -0.131. The van der Waals surface area contributed by atoms with E-state index in [-0.39, 0.29) is 18.1 Å². The Morgan fingerprint density at radius 1 is 1.33 bits per heavy atom. The number of carbonyl (C=O) groups excluding carboxylic acids is 1. The summed E-state index contributed by atoms with van der Waals surface area (Å²) in [5.41, 5.74) is 1.10. The maximum atomic E-state index is 13.7. The quantitative estimate of drug-likeness (QED) is 0.560. The summed E-state index contributed by atoms with van der Waals surface area (Å²) in [4.78, 5) is 19.5. The van der Waals surface area contributed by atoms with Crippen LogP contribution < -0.4 is 0 Å². The highest BCUT2D eigenvalue weighted by molar-refractivity contribution is 7.16. The van der Waals surface area contributed by atoms with Gasteiger partial charge in [0.05, 0.1) is 10.9 Å². The van der Waals surface area contributed by atoms with Gasteiger partial charge in [0, 0.05) is 29.8 Å². The van der Waals surface area contributed by atoms with Crippen LogP contribution in [0.15, 0.2) is 34.9 Å². The van der Waals surface area contributed by atoms with E-state index in [4.69, 9.17) is 16.1 Å². The smallest absolute Gasteiger partial charge is 0.227 e. The maximum absolute atomic E-state index is 13.7. The molecule has 0 unspecified atom stereocenters. The molecule has 0 saturated heterocycles. The highest BCUT2D eigenvalue weighted by Gasteiger charge is 2.16. The van der Waals surface area contributed by atoms with Crippen LogP contribution in [0.4, 0.5) is 4.39 Å². The zero-order valence-electron chi connectivity index (χ0n) is 15.0. The Labute approximate surface area is 165 Å². The number of nitrogens with zero attached hydrogens (tertiary/aromatic N) is 3. The van der Waals surface area contributed by atoms with Crippen molar-refractivity contribution in [3.8, 4) is 11.4 Å². The number of hydrogen-bond acceptors (Lipinski definition) is 5. The topological polar surface area (TPSA) is 59.2 Å². The zero-order chi connectivity index (χ0) is 19.4. The van der Waals surface area contributed by atoms with Crippen molar-refractivity contribution in [2.75, 3.05) is 6.54 Å². The van der Waals surface area contributed by atoms with Gasteiger partial charge in [-0.05, 0) is 37.6 Å². The second kappa shape index (κ2) is 8.63. The van der Waals surface area contributed by atoms with Crippen molar-refractivity contribution in [2.45, 2.75) is 33.2 Å². The molecule has 3 aromatic rings. The molecule has 27 heavy (non-hydrogen) atoms. The van der Waals surface area contributed by atoms with E-state index in [2.05, 4.69) is 10.1 Å². The number of amides is 1. The van der Waals surface area contributed by atoms with Gasteiger partial charge < -0.3 is 9.42 Å². The Balaban J connectivity index is 1.59. The molecule has 0 saturated carbocycles.